The summed E-state index contributed by atoms with van der Waals surface area (Å²) in [7, 11) is 0. The van der Waals surface area contributed by atoms with Gasteiger partial charge in [0.2, 0.25) is 0 Å². The van der Waals surface area contributed by atoms with E-state index in [4.69, 9.17) is 5.73 Å². The van der Waals surface area contributed by atoms with Crippen molar-refractivity contribution >= 4 is 44.8 Å². The number of benzene rings is 3. The highest BCUT2D eigenvalue weighted by atomic mass is 16.2. The van der Waals surface area contributed by atoms with Crippen molar-refractivity contribution < 1.29 is 9.59 Å². The zero-order chi connectivity index (χ0) is 21.8. The van der Waals surface area contributed by atoms with Crippen LogP contribution in [0.4, 0.5) is 5.69 Å². The lowest BCUT2D eigenvalue weighted by atomic mass is 9.95. The van der Waals surface area contributed by atoms with E-state index in [-0.39, 0.29) is 11.8 Å². The van der Waals surface area contributed by atoms with Gasteiger partial charge in [0.25, 0.3) is 11.8 Å². The normalized spacial score (nSPS) is 18.5. The van der Waals surface area contributed by atoms with Crippen LogP contribution in [0.1, 0.15) is 17.7 Å². The van der Waals surface area contributed by atoms with Gasteiger partial charge in [-0.1, -0.05) is 54.6 Å². The summed E-state index contributed by atoms with van der Waals surface area (Å²) in [6.07, 6.45) is 3.25. The molecule has 1 aromatic heterocycles. The van der Waals surface area contributed by atoms with Gasteiger partial charge in [0.1, 0.15) is 0 Å². The first kappa shape index (κ1) is 19.0. The van der Waals surface area contributed by atoms with Crippen LogP contribution < -0.4 is 10.6 Å². The Morgan fingerprint density at radius 2 is 1.72 bits per heavy atom. The first-order valence-electron chi connectivity index (χ1n) is 11.0. The predicted molar refractivity (Wildman–Crippen MR) is 127 cm³/mol. The van der Waals surface area contributed by atoms with Crippen LogP contribution in [0.15, 0.2) is 72.8 Å². The van der Waals surface area contributed by atoms with Gasteiger partial charge in [0, 0.05) is 23.7 Å². The molecule has 0 saturated heterocycles. The number of fused-ring (bicyclic) bond motifs is 4. The third-order valence-corrected chi connectivity index (χ3v) is 6.83. The van der Waals surface area contributed by atoms with Crippen LogP contribution in [0, 0.1) is 5.92 Å². The molecule has 6 rings (SSSR count). The minimum absolute atomic E-state index is 0.265. The van der Waals surface area contributed by atoms with E-state index in [2.05, 4.69) is 10.6 Å². The molecular formula is C27H23N3O2. The molecule has 5 nitrogen and oxygen atoms in total. The Hall–Kier alpha value is -3.70. The molecule has 3 aromatic carbocycles. The molecule has 5 heteroatoms. The zero-order valence-corrected chi connectivity index (χ0v) is 17.6. The van der Waals surface area contributed by atoms with Crippen LogP contribution in [0.25, 0.3) is 27.2 Å². The number of hydrogen-bond donors (Lipinski definition) is 1. The molecule has 0 spiro atoms. The number of nitrogens with zero attached hydrogens (tertiary/aromatic N) is 2. The number of anilines is 1. The van der Waals surface area contributed by atoms with Gasteiger partial charge >= 0.3 is 0 Å². The van der Waals surface area contributed by atoms with E-state index in [0.717, 1.165) is 58.0 Å². The van der Waals surface area contributed by atoms with Crippen LogP contribution in [0.2, 0.25) is 0 Å². The van der Waals surface area contributed by atoms with E-state index < -0.39 is 0 Å². The Kier molecular flexibility index (Phi) is 4.26. The number of aryl methyl sites for hydroxylation is 1. The van der Waals surface area contributed by atoms with E-state index in [9.17, 15) is 9.59 Å². The summed E-state index contributed by atoms with van der Waals surface area (Å²) in [5.41, 5.74) is 10.0. The fraction of sp³-hybridized carbons (Fsp3) is 0.185. The highest BCUT2D eigenvalue weighted by Crippen LogP contribution is 2.41. The second-order valence-corrected chi connectivity index (χ2v) is 8.66. The number of para-hydroxylation sites is 1. The summed E-state index contributed by atoms with van der Waals surface area (Å²) < 4.78 is 2.26. The lowest BCUT2D eigenvalue weighted by Crippen LogP contribution is -2.33. The van der Waals surface area contributed by atoms with E-state index in [1.54, 1.807) is 0 Å². The van der Waals surface area contributed by atoms with Crippen molar-refractivity contribution in [1.82, 2.24) is 4.57 Å². The minimum atomic E-state index is -0.285. The lowest BCUT2D eigenvalue weighted by molar-refractivity contribution is -0.119. The van der Waals surface area contributed by atoms with Gasteiger partial charge in [-0.15, -0.1) is 0 Å². The van der Waals surface area contributed by atoms with E-state index in [1.807, 2.05) is 60.7 Å². The summed E-state index contributed by atoms with van der Waals surface area (Å²) in [5.74, 6) is -0.197. The molecule has 0 aliphatic carbocycles. The smallest absolute Gasteiger partial charge is 0.266 e. The lowest BCUT2D eigenvalue weighted by Gasteiger charge is -2.26. The Morgan fingerprint density at radius 3 is 2.56 bits per heavy atom. The van der Waals surface area contributed by atoms with Crippen LogP contribution >= 0.6 is 0 Å². The number of amides is 2. The molecule has 4 aromatic rings. The molecule has 1 atom stereocenters. The fourth-order valence-corrected chi connectivity index (χ4v) is 5.18. The summed E-state index contributed by atoms with van der Waals surface area (Å²) in [6, 6.07) is 21.9. The van der Waals surface area contributed by atoms with Crippen molar-refractivity contribution in [3.05, 3.63) is 84.1 Å². The standard InChI is InChI=1S/C27H23N3O2/c28-16-17-11-12-29-23-8-4-3-7-21(23)26(24(29)13-17)30-25(31)15-22(27(30)32)20-10-9-18-5-1-2-6-19(18)14-20/h1-10,14-15,17H,11-13,16,28H2. The number of carbonyl (C=O) groups is 2. The zero-order valence-electron chi connectivity index (χ0n) is 17.6. The summed E-state index contributed by atoms with van der Waals surface area (Å²) in [5, 5.41) is 3.09. The molecule has 1 unspecified atom stereocenters. The molecule has 2 N–H and O–H groups in total. The Morgan fingerprint density at radius 1 is 0.938 bits per heavy atom. The molecule has 3 heterocycles. The van der Waals surface area contributed by atoms with Crippen molar-refractivity contribution in [2.45, 2.75) is 19.4 Å². The summed E-state index contributed by atoms with van der Waals surface area (Å²) in [6.45, 7) is 1.45. The summed E-state index contributed by atoms with van der Waals surface area (Å²) >= 11 is 0. The molecule has 0 saturated carbocycles. The van der Waals surface area contributed by atoms with Crippen molar-refractivity contribution in [2.24, 2.45) is 11.7 Å². The fourth-order valence-electron chi connectivity index (χ4n) is 5.18. The molecule has 2 aliphatic rings. The maximum atomic E-state index is 13.6. The molecule has 0 bridgehead atoms. The summed E-state index contributed by atoms with van der Waals surface area (Å²) in [4.78, 5) is 28.2. The quantitative estimate of drug-likeness (QED) is 0.502. The van der Waals surface area contributed by atoms with Crippen LogP contribution in [0.3, 0.4) is 0 Å². The van der Waals surface area contributed by atoms with E-state index in [1.165, 1.54) is 11.0 Å². The molecule has 32 heavy (non-hydrogen) atoms. The third kappa shape index (κ3) is 2.75. The highest BCUT2D eigenvalue weighted by molar-refractivity contribution is 6.44. The maximum absolute atomic E-state index is 13.6. The topological polar surface area (TPSA) is 68.3 Å². The Labute approximate surface area is 185 Å². The monoisotopic (exact) mass is 421 g/mol. The number of aromatic nitrogens is 1. The Balaban J connectivity index is 1.47. The highest BCUT2D eigenvalue weighted by Gasteiger charge is 2.38. The SMILES string of the molecule is NCC1CCn2c(c(N3C(=O)C=C(c4ccc5ccccc5c4)C3=O)c3ccccc32)C1. The average Bonchev–Trinajstić information content (AvgIpc) is 3.31. The molecule has 0 fully saturated rings. The molecule has 2 amide bonds. The maximum Gasteiger partial charge on any atom is 0.266 e. The van der Waals surface area contributed by atoms with Crippen molar-refractivity contribution in [3.63, 3.8) is 0 Å². The van der Waals surface area contributed by atoms with Crippen LogP contribution in [0.5, 0.6) is 0 Å². The first-order valence-corrected chi connectivity index (χ1v) is 11.0. The second-order valence-electron chi connectivity index (χ2n) is 8.66. The van der Waals surface area contributed by atoms with Crippen LogP contribution in [-0.4, -0.2) is 22.9 Å². The van der Waals surface area contributed by atoms with Crippen molar-refractivity contribution in [3.8, 4) is 0 Å². The van der Waals surface area contributed by atoms with E-state index >= 15 is 0 Å². The number of hydrogen-bond acceptors (Lipinski definition) is 3. The molecule has 0 radical (unpaired) electrons. The first-order chi connectivity index (χ1) is 15.7. The van der Waals surface area contributed by atoms with Crippen molar-refractivity contribution in [1.29, 1.82) is 0 Å². The number of nitrogens with two attached hydrogens (primary N) is 1. The van der Waals surface area contributed by atoms with Gasteiger partial charge in [-0.05, 0) is 53.8 Å². The number of imide groups is 1. The van der Waals surface area contributed by atoms with Gasteiger partial charge in [-0.25, -0.2) is 4.90 Å². The minimum Gasteiger partial charge on any atom is -0.343 e. The molecular weight excluding hydrogens is 398 g/mol. The molecule has 158 valence electrons. The average molecular weight is 422 g/mol. The van der Waals surface area contributed by atoms with Crippen LogP contribution in [-0.2, 0) is 22.6 Å². The third-order valence-electron chi connectivity index (χ3n) is 6.83. The van der Waals surface area contributed by atoms with Gasteiger partial charge in [0.15, 0.2) is 0 Å². The van der Waals surface area contributed by atoms with Gasteiger partial charge in [-0.3, -0.25) is 9.59 Å². The largest absolute Gasteiger partial charge is 0.343 e. The molecule has 2 aliphatic heterocycles. The van der Waals surface area contributed by atoms with Gasteiger partial charge in [0.05, 0.1) is 16.8 Å². The van der Waals surface area contributed by atoms with Crippen molar-refractivity contribution in [2.75, 3.05) is 11.4 Å². The second kappa shape index (κ2) is 7.18. The van der Waals surface area contributed by atoms with E-state index in [0.29, 0.717) is 18.0 Å². The Bertz CT molecular complexity index is 1450. The van der Waals surface area contributed by atoms with Gasteiger partial charge < -0.3 is 10.3 Å². The number of carbonyl (C=O) groups excluding carboxylic acids is 2. The van der Waals surface area contributed by atoms with Gasteiger partial charge in [-0.2, -0.15) is 0 Å². The predicted octanol–water partition coefficient (Wildman–Crippen LogP) is 4.27. The number of rotatable bonds is 3.